The molecule has 1 N–H and O–H groups in total. The van der Waals surface area contributed by atoms with Gasteiger partial charge in [0, 0.05) is 15.1 Å². The molecular formula is C19H15N3OS3. The molecule has 3 aromatic heterocycles. The first-order chi connectivity index (χ1) is 12.8. The van der Waals surface area contributed by atoms with Crippen LogP contribution in [0.15, 0.2) is 65.3 Å². The van der Waals surface area contributed by atoms with Gasteiger partial charge in [0.25, 0.3) is 0 Å². The summed E-state index contributed by atoms with van der Waals surface area (Å²) in [7, 11) is 0. The second-order valence-electron chi connectivity index (χ2n) is 5.52. The van der Waals surface area contributed by atoms with Crippen molar-refractivity contribution in [1.82, 2.24) is 15.3 Å². The van der Waals surface area contributed by atoms with Crippen LogP contribution < -0.4 is 5.32 Å². The highest BCUT2D eigenvalue weighted by molar-refractivity contribution is 8.00. The Hall–Kier alpha value is -2.22. The Kier molecular flexibility index (Phi) is 5.29. The fraction of sp³-hybridized carbons (Fsp3) is 0.105. The fourth-order valence-corrected chi connectivity index (χ4v) is 4.99. The molecule has 26 heavy (non-hydrogen) atoms. The number of hydrogen-bond acceptors (Lipinski definition) is 6. The average Bonchev–Trinajstić information content (AvgIpc) is 3.35. The molecule has 4 nitrogen and oxygen atoms in total. The number of fused-ring (bicyclic) bond motifs is 1. The van der Waals surface area contributed by atoms with Gasteiger partial charge in [-0.15, -0.1) is 22.7 Å². The van der Waals surface area contributed by atoms with Crippen LogP contribution in [-0.4, -0.2) is 21.6 Å². The molecule has 0 bridgehead atoms. The van der Waals surface area contributed by atoms with E-state index in [1.54, 1.807) is 29.0 Å². The molecule has 0 saturated carbocycles. The van der Waals surface area contributed by atoms with Gasteiger partial charge in [0.05, 0.1) is 12.3 Å². The molecule has 0 aliphatic rings. The number of nitrogens with one attached hydrogen (secondary N) is 1. The van der Waals surface area contributed by atoms with Crippen LogP contribution in [0.4, 0.5) is 0 Å². The fourth-order valence-electron chi connectivity index (χ4n) is 2.48. The molecule has 0 radical (unpaired) electrons. The normalized spacial score (nSPS) is 10.9. The molecule has 0 spiro atoms. The molecule has 4 aromatic rings. The van der Waals surface area contributed by atoms with Gasteiger partial charge in [-0.2, -0.15) is 0 Å². The van der Waals surface area contributed by atoms with Gasteiger partial charge in [0.1, 0.15) is 16.2 Å². The summed E-state index contributed by atoms with van der Waals surface area (Å²) in [5, 5.41) is 6.81. The van der Waals surface area contributed by atoms with Crippen molar-refractivity contribution in [2.45, 2.75) is 11.6 Å². The van der Waals surface area contributed by atoms with Gasteiger partial charge in [0.2, 0.25) is 5.91 Å². The quantitative estimate of drug-likeness (QED) is 0.374. The summed E-state index contributed by atoms with van der Waals surface area (Å²) in [6.45, 7) is 0.576. The van der Waals surface area contributed by atoms with Crippen molar-refractivity contribution >= 4 is 50.6 Å². The third kappa shape index (κ3) is 3.95. The largest absolute Gasteiger partial charge is 0.350 e. The van der Waals surface area contributed by atoms with E-state index in [-0.39, 0.29) is 5.91 Å². The number of hydrogen-bond donors (Lipinski definition) is 1. The zero-order chi connectivity index (χ0) is 17.8. The van der Waals surface area contributed by atoms with Crippen LogP contribution in [0.25, 0.3) is 20.7 Å². The van der Waals surface area contributed by atoms with E-state index < -0.39 is 0 Å². The number of carbonyl (C=O) groups excluding carboxylic acids is 1. The van der Waals surface area contributed by atoms with E-state index in [0.29, 0.717) is 12.3 Å². The third-order valence-corrected chi connectivity index (χ3v) is 6.70. The zero-order valence-electron chi connectivity index (χ0n) is 13.7. The molecule has 1 amide bonds. The summed E-state index contributed by atoms with van der Waals surface area (Å²) < 4.78 is 0. The third-order valence-electron chi connectivity index (χ3n) is 3.73. The predicted molar refractivity (Wildman–Crippen MR) is 110 cm³/mol. The van der Waals surface area contributed by atoms with E-state index in [0.717, 1.165) is 25.0 Å². The summed E-state index contributed by atoms with van der Waals surface area (Å²) in [6, 6.07) is 16.3. The summed E-state index contributed by atoms with van der Waals surface area (Å²) >= 11 is 4.74. The topological polar surface area (TPSA) is 54.9 Å². The number of nitrogens with zero attached hydrogens (tertiary/aromatic N) is 2. The highest BCUT2D eigenvalue weighted by atomic mass is 32.2. The maximum atomic E-state index is 12.1. The minimum absolute atomic E-state index is 0.00803. The van der Waals surface area contributed by atoms with E-state index >= 15 is 0 Å². The predicted octanol–water partition coefficient (Wildman–Crippen LogP) is 4.83. The second kappa shape index (κ2) is 7.99. The number of aromatic nitrogens is 2. The van der Waals surface area contributed by atoms with Crippen molar-refractivity contribution in [3.8, 4) is 10.4 Å². The summed E-state index contributed by atoms with van der Waals surface area (Å²) in [5.41, 5.74) is 1.17. The molecule has 0 unspecified atom stereocenters. The molecule has 0 aliphatic carbocycles. The molecule has 4 rings (SSSR count). The van der Waals surface area contributed by atoms with Crippen molar-refractivity contribution in [3.05, 3.63) is 65.1 Å². The summed E-state index contributed by atoms with van der Waals surface area (Å²) in [6.07, 6.45) is 1.57. The average molecular weight is 398 g/mol. The molecule has 130 valence electrons. The van der Waals surface area contributed by atoms with Gasteiger partial charge in [-0.25, -0.2) is 9.97 Å². The standard InChI is InChI=1S/C19H15N3OS3/c23-17(20-10-14-7-4-8-24-14)11-25-18-15-9-16(13-5-2-1-3-6-13)26-19(15)22-12-21-18/h1-9,12H,10-11H2,(H,20,23). The lowest BCUT2D eigenvalue weighted by Crippen LogP contribution is -2.24. The number of amides is 1. The SMILES string of the molecule is O=C(CSc1ncnc2sc(-c3ccccc3)cc12)NCc1cccs1. The Morgan fingerprint density at radius 3 is 2.81 bits per heavy atom. The number of rotatable bonds is 6. The van der Waals surface area contributed by atoms with Gasteiger partial charge >= 0.3 is 0 Å². The smallest absolute Gasteiger partial charge is 0.230 e. The molecule has 7 heteroatoms. The Labute approximate surface area is 163 Å². The highest BCUT2D eigenvalue weighted by Crippen LogP contribution is 2.35. The van der Waals surface area contributed by atoms with E-state index in [9.17, 15) is 4.79 Å². The van der Waals surface area contributed by atoms with Crippen LogP contribution in [0.2, 0.25) is 0 Å². The first-order valence-electron chi connectivity index (χ1n) is 8.01. The van der Waals surface area contributed by atoms with Gasteiger partial charge in [-0.3, -0.25) is 4.79 Å². The molecule has 0 saturated heterocycles. The van der Waals surface area contributed by atoms with Crippen LogP contribution in [0.1, 0.15) is 4.88 Å². The van der Waals surface area contributed by atoms with E-state index in [1.165, 1.54) is 17.3 Å². The van der Waals surface area contributed by atoms with Crippen molar-refractivity contribution in [2.75, 3.05) is 5.75 Å². The van der Waals surface area contributed by atoms with Crippen molar-refractivity contribution in [2.24, 2.45) is 0 Å². The van der Waals surface area contributed by atoms with Crippen LogP contribution in [0.5, 0.6) is 0 Å². The number of thiophene rings is 2. The second-order valence-corrected chi connectivity index (χ2v) is 8.55. The van der Waals surface area contributed by atoms with Crippen LogP contribution in [0, 0.1) is 0 Å². The van der Waals surface area contributed by atoms with Crippen LogP contribution in [-0.2, 0) is 11.3 Å². The Morgan fingerprint density at radius 2 is 2.00 bits per heavy atom. The van der Waals surface area contributed by atoms with Crippen LogP contribution >= 0.6 is 34.4 Å². The Balaban J connectivity index is 1.46. The minimum Gasteiger partial charge on any atom is -0.350 e. The number of thioether (sulfide) groups is 1. The van der Waals surface area contributed by atoms with E-state index in [4.69, 9.17) is 0 Å². The minimum atomic E-state index is 0.00803. The monoisotopic (exact) mass is 397 g/mol. The maximum absolute atomic E-state index is 12.1. The lowest BCUT2D eigenvalue weighted by Gasteiger charge is -2.04. The molecule has 0 aliphatic heterocycles. The molecule has 0 fully saturated rings. The molecule has 1 aromatic carbocycles. The maximum Gasteiger partial charge on any atom is 0.230 e. The summed E-state index contributed by atoms with van der Waals surface area (Å²) in [5.74, 6) is 0.349. The van der Waals surface area contributed by atoms with E-state index in [2.05, 4.69) is 33.5 Å². The van der Waals surface area contributed by atoms with Crippen LogP contribution in [0.3, 0.4) is 0 Å². The zero-order valence-corrected chi connectivity index (χ0v) is 16.2. The van der Waals surface area contributed by atoms with Crippen molar-refractivity contribution in [1.29, 1.82) is 0 Å². The van der Waals surface area contributed by atoms with Gasteiger partial charge in [0.15, 0.2) is 0 Å². The Morgan fingerprint density at radius 1 is 1.12 bits per heavy atom. The van der Waals surface area contributed by atoms with Gasteiger partial charge in [-0.1, -0.05) is 48.2 Å². The van der Waals surface area contributed by atoms with Gasteiger partial charge in [-0.05, 0) is 23.1 Å². The first-order valence-corrected chi connectivity index (χ1v) is 10.7. The lowest BCUT2D eigenvalue weighted by atomic mass is 10.2. The van der Waals surface area contributed by atoms with Crippen molar-refractivity contribution < 1.29 is 4.79 Å². The van der Waals surface area contributed by atoms with E-state index in [1.807, 2.05) is 35.7 Å². The number of benzene rings is 1. The summed E-state index contributed by atoms with van der Waals surface area (Å²) in [4.78, 5) is 24.1. The lowest BCUT2D eigenvalue weighted by molar-refractivity contribution is -0.118. The van der Waals surface area contributed by atoms with Crippen molar-refractivity contribution in [3.63, 3.8) is 0 Å². The highest BCUT2D eigenvalue weighted by Gasteiger charge is 2.12. The first kappa shape index (κ1) is 17.2. The number of carbonyl (C=O) groups is 1. The molecular weight excluding hydrogens is 382 g/mol. The molecule has 0 atom stereocenters. The van der Waals surface area contributed by atoms with Gasteiger partial charge < -0.3 is 5.32 Å². The molecule has 3 heterocycles. The Bertz CT molecular complexity index is 1010.